The highest BCUT2D eigenvalue weighted by atomic mass is 16.5. The van der Waals surface area contributed by atoms with Gasteiger partial charge in [0.05, 0.1) is 19.8 Å². The highest BCUT2D eigenvalue weighted by molar-refractivity contribution is 6.04. The van der Waals surface area contributed by atoms with Crippen LogP contribution in [-0.4, -0.2) is 25.0 Å². The summed E-state index contributed by atoms with van der Waals surface area (Å²) in [7, 11) is 3.17. The van der Waals surface area contributed by atoms with E-state index >= 15 is 0 Å². The molecule has 3 aromatic rings. The fraction of sp³-hybridized carbons (Fsp3) is 0.0833. The Bertz CT molecular complexity index is 968. The second-order valence-electron chi connectivity index (χ2n) is 6.01. The van der Waals surface area contributed by atoms with Gasteiger partial charge in [0, 0.05) is 12.4 Å². The molecule has 0 saturated heterocycles. The first-order valence-electron chi connectivity index (χ1n) is 8.83. The van der Waals surface area contributed by atoms with Gasteiger partial charge in [0.25, 0.3) is 0 Å². The van der Waals surface area contributed by atoms with E-state index < -0.39 is 0 Å². The van der Waals surface area contributed by atoms with Crippen molar-refractivity contribution in [1.29, 1.82) is 0 Å². The lowest BCUT2D eigenvalue weighted by Gasteiger charge is -2.09. The summed E-state index contributed by atoms with van der Waals surface area (Å²) in [4.78, 5) is 16.3. The van der Waals surface area contributed by atoms with E-state index in [1.807, 2.05) is 60.8 Å². The third-order valence-electron chi connectivity index (χ3n) is 4.23. The number of allylic oxidation sites excluding steroid dienone is 2. The Hall–Kier alpha value is -3.66. The number of rotatable bonds is 7. The van der Waals surface area contributed by atoms with Crippen LogP contribution in [0.25, 0.3) is 23.3 Å². The maximum absolute atomic E-state index is 12.2. The molecule has 0 radical (unpaired) electrons. The Morgan fingerprint density at radius 3 is 2.11 bits per heavy atom. The standard InChI is InChI=1S/C24H21NO3/c1-27-23-6-3-7-24(28-2)22(23)15-14-21(26)13-10-18-8-11-19(12-9-18)20-5-4-16-25-17-20/h3-17H,1-2H3/b13-10+,15-14+. The molecule has 0 bridgehead atoms. The van der Waals surface area contributed by atoms with Crippen LogP contribution in [0.2, 0.25) is 0 Å². The summed E-state index contributed by atoms with van der Waals surface area (Å²) >= 11 is 0. The van der Waals surface area contributed by atoms with Crippen LogP contribution in [0.3, 0.4) is 0 Å². The van der Waals surface area contributed by atoms with Gasteiger partial charge in [0.15, 0.2) is 5.78 Å². The quantitative estimate of drug-likeness (QED) is 0.545. The number of carbonyl (C=O) groups is 1. The Balaban J connectivity index is 1.70. The van der Waals surface area contributed by atoms with E-state index in [1.165, 1.54) is 12.2 Å². The maximum atomic E-state index is 12.2. The number of hydrogen-bond donors (Lipinski definition) is 0. The van der Waals surface area contributed by atoms with Crippen molar-refractivity contribution < 1.29 is 14.3 Å². The fourth-order valence-electron chi connectivity index (χ4n) is 2.76. The van der Waals surface area contributed by atoms with Crippen LogP contribution in [0.1, 0.15) is 11.1 Å². The molecule has 3 rings (SSSR count). The summed E-state index contributed by atoms with van der Waals surface area (Å²) in [6.45, 7) is 0. The van der Waals surface area contributed by atoms with Gasteiger partial charge in [-0.2, -0.15) is 0 Å². The Kier molecular flexibility index (Phi) is 6.37. The molecule has 140 valence electrons. The van der Waals surface area contributed by atoms with E-state index in [1.54, 1.807) is 32.6 Å². The number of hydrogen-bond acceptors (Lipinski definition) is 4. The van der Waals surface area contributed by atoms with Crippen molar-refractivity contribution in [2.75, 3.05) is 14.2 Å². The predicted octanol–water partition coefficient (Wildman–Crippen LogP) is 5.06. The number of methoxy groups -OCH3 is 2. The average Bonchev–Trinajstić information content (AvgIpc) is 2.76. The third-order valence-corrected chi connectivity index (χ3v) is 4.23. The molecule has 0 aliphatic heterocycles. The number of ether oxygens (including phenoxy) is 2. The average molecular weight is 371 g/mol. The predicted molar refractivity (Wildman–Crippen MR) is 112 cm³/mol. The number of benzene rings is 2. The van der Waals surface area contributed by atoms with Gasteiger partial charge in [-0.1, -0.05) is 42.5 Å². The molecule has 1 heterocycles. The number of nitrogens with zero attached hydrogens (tertiary/aromatic N) is 1. The maximum Gasteiger partial charge on any atom is 0.178 e. The van der Waals surface area contributed by atoms with Crippen LogP contribution < -0.4 is 9.47 Å². The minimum atomic E-state index is -0.121. The molecule has 0 N–H and O–H groups in total. The lowest BCUT2D eigenvalue weighted by atomic mass is 10.1. The van der Waals surface area contributed by atoms with E-state index in [-0.39, 0.29) is 5.78 Å². The van der Waals surface area contributed by atoms with E-state index in [2.05, 4.69) is 4.98 Å². The zero-order valence-corrected chi connectivity index (χ0v) is 15.8. The molecule has 0 fully saturated rings. The number of carbonyl (C=O) groups excluding carboxylic acids is 1. The molecule has 0 aliphatic rings. The largest absolute Gasteiger partial charge is 0.496 e. The molecule has 1 aromatic heterocycles. The Labute approximate surface area is 164 Å². The molecule has 28 heavy (non-hydrogen) atoms. The molecule has 0 unspecified atom stereocenters. The zero-order chi connectivity index (χ0) is 19.8. The number of aromatic nitrogens is 1. The van der Waals surface area contributed by atoms with E-state index in [0.717, 1.165) is 22.3 Å². The molecule has 0 saturated carbocycles. The van der Waals surface area contributed by atoms with E-state index in [0.29, 0.717) is 11.5 Å². The molecular formula is C24H21NO3. The third kappa shape index (κ3) is 4.74. The van der Waals surface area contributed by atoms with Gasteiger partial charge in [-0.3, -0.25) is 9.78 Å². The molecule has 0 aliphatic carbocycles. The van der Waals surface area contributed by atoms with E-state index in [9.17, 15) is 4.79 Å². The van der Waals surface area contributed by atoms with Crippen LogP contribution in [0.4, 0.5) is 0 Å². The van der Waals surface area contributed by atoms with Gasteiger partial charge in [-0.05, 0) is 53.1 Å². The van der Waals surface area contributed by atoms with Crippen molar-refractivity contribution in [3.8, 4) is 22.6 Å². The molecule has 0 spiro atoms. The Morgan fingerprint density at radius 1 is 0.821 bits per heavy atom. The summed E-state index contributed by atoms with van der Waals surface area (Å²) in [6, 6.07) is 17.4. The second-order valence-corrected chi connectivity index (χ2v) is 6.01. The van der Waals surface area contributed by atoms with Crippen molar-refractivity contribution >= 4 is 17.9 Å². The first-order chi connectivity index (χ1) is 13.7. The van der Waals surface area contributed by atoms with Crippen LogP contribution in [-0.2, 0) is 4.79 Å². The summed E-state index contributed by atoms with van der Waals surface area (Å²) in [5.74, 6) is 1.18. The highest BCUT2D eigenvalue weighted by Crippen LogP contribution is 2.29. The van der Waals surface area contributed by atoms with Crippen LogP contribution >= 0.6 is 0 Å². The molecule has 2 aromatic carbocycles. The molecular weight excluding hydrogens is 350 g/mol. The first kappa shape index (κ1) is 19.1. The van der Waals surface area contributed by atoms with Crippen molar-refractivity contribution in [3.63, 3.8) is 0 Å². The minimum Gasteiger partial charge on any atom is -0.496 e. The lowest BCUT2D eigenvalue weighted by Crippen LogP contribution is -1.93. The Morgan fingerprint density at radius 2 is 1.50 bits per heavy atom. The normalized spacial score (nSPS) is 11.1. The van der Waals surface area contributed by atoms with Gasteiger partial charge in [-0.25, -0.2) is 0 Å². The highest BCUT2D eigenvalue weighted by Gasteiger charge is 2.06. The van der Waals surface area contributed by atoms with E-state index in [4.69, 9.17) is 9.47 Å². The molecule has 4 nitrogen and oxygen atoms in total. The fourth-order valence-corrected chi connectivity index (χ4v) is 2.76. The zero-order valence-electron chi connectivity index (χ0n) is 15.8. The van der Waals surface area contributed by atoms with Crippen molar-refractivity contribution in [2.24, 2.45) is 0 Å². The summed E-state index contributed by atoms with van der Waals surface area (Å²) < 4.78 is 10.7. The van der Waals surface area contributed by atoms with Gasteiger partial charge in [-0.15, -0.1) is 0 Å². The number of ketones is 1. The minimum absolute atomic E-state index is 0.121. The second kappa shape index (κ2) is 9.33. The summed E-state index contributed by atoms with van der Waals surface area (Å²) in [6.07, 6.45) is 10.1. The van der Waals surface area contributed by atoms with Gasteiger partial charge in [0.2, 0.25) is 0 Å². The first-order valence-corrected chi connectivity index (χ1v) is 8.83. The summed E-state index contributed by atoms with van der Waals surface area (Å²) in [5.41, 5.74) is 3.82. The van der Waals surface area contributed by atoms with Crippen LogP contribution in [0.5, 0.6) is 11.5 Å². The van der Waals surface area contributed by atoms with Crippen LogP contribution in [0.15, 0.2) is 79.1 Å². The monoisotopic (exact) mass is 371 g/mol. The molecule has 0 atom stereocenters. The van der Waals surface area contributed by atoms with Crippen molar-refractivity contribution in [2.45, 2.75) is 0 Å². The summed E-state index contributed by atoms with van der Waals surface area (Å²) in [5, 5.41) is 0. The van der Waals surface area contributed by atoms with Crippen molar-refractivity contribution in [1.82, 2.24) is 4.98 Å². The van der Waals surface area contributed by atoms with Gasteiger partial charge >= 0.3 is 0 Å². The SMILES string of the molecule is COc1cccc(OC)c1/C=C/C(=O)/C=C/c1ccc(-c2cccnc2)cc1. The lowest BCUT2D eigenvalue weighted by molar-refractivity contribution is -0.110. The topological polar surface area (TPSA) is 48.4 Å². The van der Waals surface area contributed by atoms with Crippen molar-refractivity contribution in [3.05, 3.63) is 90.3 Å². The molecule has 0 amide bonds. The van der Waals surface area contributed by atoms with Gasteiger partial charge < -0.3 is 9.47 Å². The van der Waals surface area contributed by atoms with Crippen LogP contribution in [0, 0.1) is 0 Å². The molecule has 4 heteroatoms. The van der Waals surface area contributed by atoms with Gasteiger partial charge in [0.1, 0.15) is 11.5 Å². The smallest absolute Gasteiger partial charge is 0.178 e. The number of pyridine rings is 1.